The Hall–Kier alpha value is -3.26. The molecule has 0 radical (unpaired) electrons. The number of benzene rings is 2. The molecule has 1 aliphatic rings. The normalized spacial score (nSPS) is 13.5. The first kappa shape index (κ1) is 19.5. The standard InChI is InChI=1S/C23H24N2O3/c1-18-6-4-8-21(16-18)28-17-22(26)24-14-5-7-19-10-12-20(13-11-19)25-15-3-2-9-23(25)27/h4,6,8,10-13,16H,2-3,9,14-15,17H2,1H3,(H,24,26). The van der Waals surface area contributed by atoms with Gasteiger partial charge in [0.05, 0.1) is 6.54 Å². The van der Waals surface area contributed by atoms with E-state index in [1.807, 2.05) is 60.4 Å². The summed E-state index contributed by atoms with van der Waals surface area (Å²) in [7, 11) is 0. The molecule has 28 heavy (non-hydrogen) atoms. The average Bonchev–Trinajstić information content (AvgIpc) is 2.71. The predicted molar refractivity (Wildman–Crippen MR) is 109 cm³/mol. The maximum Gasteiger partial charge on any atom is 0.258 e. The van der Waals surface area contributed by atoms with Crippen LogP contribution in [0.1, 0.15) is 30.4 Å². The second-order valence-corrected chi connectivity index (χ2v) is 6.73. The number of ether oxygens (including phenoxy) is 1. The van der Waals surface area contributed by atoms with Gasteiger partial charge in [0, 0.05) is 24.2 Å². The zero-order chi connectivity index (χ0) is 19.8. The van der Waals surface area contributed by atoms with E-state index in [4.69, 9.17) is 4.74 Å². The Labute approximate surface area is 165 Å². The summed E-state index contributed by atoms with van der Waals surface area (Å²) in [5.74, 6) is 6.59. The van der Waals surface area contributed by atoms with Gasteiger partial charge in [0.2, 0.25) is 5.91 Å². The van der Waals surface area contributed by atoms with Crippen molar-refractivity contribution >= 4 is 17.5 Å². The van der Waals surface area contributed by atoms with Crippen LogP contribution < -0.4 is 15.0 Å². The summed E-state index contributed by atoms with van der Waals surface area (Å²) >= 11 is 0. The molecule has 0 atom stereocenters. The van der Waals surface area contributed by atoms with Crippen LogP contribution in [0.5, 0.6) is 5.75 Å². The Balaban J connectivity index is 1.44. The van der Waals surface area contributed by atoms with Crippen LogP contribution in [0, 0.1) is 18.8 Å². The molecular weight excluding hydrogens is 352 g/mol. The molecule has 0 aliphatic carbocycles. The van der Waals surface area contributed by atoms with E-state index in [0.29, 0.717) is 12.2 Å². The zero-order valence-corrected chi connectivity index (χ0v) is 16.0. The van der Waals surface area contributed by atoms with Gasteiger partial charge in [-0.2, -0.15) is 0 Å². The fourth-order valence-corrected chi connectivity index (χ4v) is 3.00. The van der Waals surface area contributed by atoms with Gasteiger partial charge in [0.25, 0.3) is 5.91 Å². The molecule has 5 nitrogen and oxygen atoms in total. The molecule has 0 bridgehead atoms. The van der Waals surface area contributed by atoms with E-state index < -0.39 is 0 Å². The van der Waals surface area contributed by atoms with Crippen molar-refractivity contribution in [3.05, 3.63) is 59.7 Å². The van der Waals surface area contributed by atoms with Crippen LogP contribution in [-0.4, -0.2) is 31.5 Å². The largest absolute Gasteiger partial charge is 0.484 e. The van der Waals surface area contributed by atoms with Crippen molar-refractivity contribution in [2.45, 2.75) is 26.2 Å². The van der Waals surface area contributed by atoms with Crippen LogP contribution in [0.3, 0.4) is 0 Å². The van der Waals surface area contributed by atoms with Crippen molar-refractivity contribution in [2.75, 3.05) is 24.6 Å². The lowest BCUT2D eigenvalue weighted by molar-refractivity contribution is -0.123. The molecule has 0 aromatic heterocycles. The zero-order valence-electron chi connectivity index (χ0n) is 16.0. The molecule has 1 aliphatic heterocycles. The van der Waals surface area contributed by atoms with E-state index in [2.05, 4.69) is 17.2 Å². The highest BCUT2D eigenvalue weighted by molar-refractivity contribution is 5.94. The number of anilines is 1. The number of amides is 2. The highest BCUT2D eigenvalue weighted by Gasteiger charge is 2.19. The molecule has 144 valence electrons. The summed E-state index contributed by atoms with van der Waals surface area (Å²) in [5, 5.41) is 2.72. The highest BCUT2D eigenvalue weighted by Crippen LogP contribution is 2.21. The minimum absolute atomic E-state index is 0.0380. The third-order valence-corrected chi connectivity index (χ3v) is 4.47. The van der Waals surface area contributed by atoms with Crippen molar-refractivity contribution in [3.63, 3.8) is 0 Å². The van der Waals surface area contributed by atoms with Crippen LogP contribution in [0.4, 0.5) is 5.69 Å². The monoisotopic (exact) mass is 376 g/mol. The van der Waals surface area contributed by atoms with Crippen molar-refractivity contribution < 1.29 is 14.3 Å². The SMILES string of the molecule is Cc1cccc(OCC(=O)NCC#Cc2ccc(N3CCCCC3=O)cc2)c1. The fourth-order valence-electron chi connectivity index (χ4n) is 3.00. The summed E-state index contributed by atoms with van der Waals surface area (Å²) < 4.78 is 5.45. The number of hydrogen-bond donors (Lipinski definition) is 1. The number of aryl methyl sites for hydroxylation is 1. The maximum atomic E-state index is 12.0. The Morgan fingerprint density at radius 2 is 2.00 bits per heavy atom. The molecule has 0 spiro atoms. The molecule has 5 heteroatoms. The lowest BCUT2D eigenvalue weighted by Gasteiger charge is -2.26. The van der Waals surface area contributed by atoms with E-state index in [9.17, 15) is 9.59 Å². The van der Waals surface area contributed by atoms with Crippen molar-refractivity contribution in [1.29, 1.82) is 0 Å². The predicted octanol–water partition coefficient (Wildman–Crippen LogP) is 3.06. The lowest BCUT2D eigenvalue weighted by atomic mass is 10.1. The number of piperidine rings is 1. The molecule has 2 amide bonds. The van der Waals surface area contributed by atoms with E-state index in [-0.39, 0.29) is 25.0 Å². The molecule has 0 unspecified atom stereocenters. The number of nitrogens with zero attached hydrogens (tertiary/aromatic N) is 1. The summed E-state index contributed by atoms with van der Waals surface area (Å²) in [6, 6.07) is 15.2. The van der Waals surface area contributed by atoms with E-state index in [1.54, 1.807) is 0 Å². The first-order valence-corrected chi connectivity index (χ1v) is 9.47. The molecule has 0 saturated carbocycles. The van der Waals surface area contributed by atoms with E-state index in [1.165, 1.54) is 0 Å². The molecule has 1 fully saturated rings. The molecule has 1 heterocycles. The number of nitrogens with one attached hydrogen (secondary N) is 1. The second-order valence-electron chi connectivity index (χ2n) is 6.73. The van der Waals surface area contributed by atoms with Crippen LogP contribution in [0.15, 0.2) is 48.5 Å². The Morgan fingerprint density at radius 1 is 1.18 bits per heavy atom. The van der Waals surface area contributed by atoms with Crippen LogP contribution in [0.25, 0.3) is 0 Å². The molecule has 2 aromatic rings. The van der Waals surface area contributed by atoms with Gasteiger partial charge in [0.15, 0.2) is 6.61 Å². The molecular formula is C23H24N2O3. The molecule has 2 aromatic carbocycles. The first-order valence-electron chi connectivity index (χ1n) is 9.47. The van der Waals surface area contributed by atoms with Gasteiger partial charge in [-0.3, -0.25) is 9.59 Å². The third-order valence-electron chi connectivity index (χ3n) is 4.47. The van der Waals surface area contributed by atoms with E-state index in [0.717, 1.165) is 36.2 Å². The number of rotatable bonds is 5. The first-order chi connectivity index (χ1) is 13.6. The van der Waals surface area contributed by atoms with Gasteiger partial charge in [-0.25, -0.2) is 0 Å². The van der Waals surface area contributed by atoms with E-state index >= 15 is 0 Å². The summed E-state index contributed by atoms with van der Waals surface area (Å²) in [6.07, 6.45) is 2.63. The Bertz CT molecular complexity index is 894. The maximum absolute atomic E-state index is 12.0. The quantitative estimate of drug-likeness (QED) is 0.816. The molecule has 1 N–H and O–H groups in total. The topological polar surface area (TPSA) is 58.6 Å². The van der Waals surface area contributed by atoms with Gasteiger partial charge < -0.3 is 15.0 Å². The third kappa shape index (κ3) is 5.62. The lowest BCUT2D eigenvalue weighted by Crippen LogP contribution is -2.35. The van der Waals surface area contributed by atoms with Gasteiger partial charge >= 0.3 is 0 Å². The smallest absolute Gasteiger partial charge is 0.258 e. The number of hydrogen-bond acceptors (Lipinski definition) is 3. The number of carbonyl (C=O) groups excluding carboxylic acids is 2. The highest BCUT2D eigenvalue weighted by atomic mass is 16.5. The molecule has 1 saturated heterocycles. The Kier molecular flexibility index (Phi) is 6.69. The summed E-state index contributed by atoms with van der Waals surface area (Å²) in [5.41, 5.74) is 2.84. The Morgan fingerprint density at radius 3 is 2.75 bits per heavy atom. The summed E-state index contributed by atoms with van der Waals surface area (Å²) in [6.45, 7) is 2.96. The van der Waals surface area contributed by atoms with Gasteiger partial charge in [0.1, 0.15) is 5.75 Å². The summed E-state index contributed by atoms with van der Waals surface area (Å²) in [4.78, 5) is 25.6. The van der Waals surface area contributed by atoms with Gasteiger partial charge in [-0.15, -0.1) is 0 Å². The van der Waals surface area contributed by atoms with Gasteiger partial charge in [-0.1, -0.05) is 24.0 Å². The van der Waals surface area contributed by atoms with Crippen molar-refractivity contribution in [1.82, 2.24) is 5.32 Å². The second kappa shape index (κ2) is 9.61. The fraction of sp³-hybridized carbons (Fsp3) is 0.304. The van der Waals surface area contributed by atoms with Gasteiger partial charge in [-0.05, 0) is 61.7 Å². The van der Waals surface area contributed by atoms with Crippen LogP contribution in [-0.2, 0) is 9.59 Å². The van der Waals surface area contributed by atoms with Crippen LogP contribution in [0.2, 0.25) is 0 Å². The minimum atomic E-state index is -0.213. The van der Waals surface area contributed by atoms with Crippen molar-refractivity contribution in [3.8, 4) is 17.6 Å². The van der Waals surface area contributed by atoms with Crippen molar-refractivity contribution in [2.24, 2.45) is 0 Å². The minimum Gasteiger partial charge on any atom is -0.484 e. The average molecular weight is 376 g/mol. The number of carbonyl (C=O) groups is 2. The van der Waals surface area contributed by atoms with Crippen LogP contribution >= 0.6 is 0 Å². The molecule has 3 rings (SSSR count).